The van der Waals surface area contributed by atoms with E-state index < -0.39 is 0 Å². The molecule has 2 N–H and O–H groups in total. The zero-order chi connectivity index (χ0) is 15.1. The first-order chi connectivity index (χ1) is 10.2. The third-order valence-electron chi connectivity index (χ3n) is 4.14. The monoisotopic (exact) mass is 290 g/mol. The topological polar surface area (TPSA) is 50.4 Å². The van der Waals surface area contributed by atoms with Gasteiger partial charge in [0, 0.05) is 18.2 Å². The summed E-state index contributed by atoms with van der Waals surface area (Å²) in [5.74, 6) is 0.946. The molecule has 21 heavy (non-hydrogen) atoms. The Hall–Kier alpha value is -1.55. The molecular weight excluding hydrogens is 264 g/mol. The first kappa shape index (κ1) is 15.8. The second kappa shape index (κ2) is 8.03. The number of benzene rings is 1. The van der Waals surface area contributed by atoms with Crippen LogP contribution >= 0.6 is 0 Å². The SMILES string of the molecule is COc1ccccc1CNC(C)C(=O)NC1CCCCC1. The summed E-state index contributed by atoms with van der Waals surface area (Å²) >= 11 is 0. The quantitative estimate of drug-likeness (QED) is 0.847. The van der Waals surface area contributed by atoms with Crippen LogP contribution < -0.4 is 15.4 Å². The summed E-state index contributed by atoms with van der Waals surface area (Å²) in [6, 6.07) is 8.04. The molecule has 0 spiro atoms. The average molecular weight is 290 g/mol. The second-order valence-electron chi connectivity index (χ2n) is 5.76. The first-order valence-corrected chi connectivity index (χ1v) is 7.86. The van der Waals surface area contributed by atoms with Crippen molar-refractivity contribution in [3.05, 3.63) is 29.8 Å². The van der Waals surface area contributed by atoms with Crippen molar-refractivity contribution in [1.82, 2.24) is 10.6 Å². The lowest BCUT2D eigenvalue weighted by molar-refractivity contribution is -0.123. The van der Waals surface area contributed by atoms with Gasteiger partial charge in [0.25, 0.3) is 0 Å². The van der Waals surface area contributed by atoms with Crippen LogP contribution in [0.4, 0.5) is 0 Å². The highest BCUT2D eigenvalue weighted by molar-refractivity contribution is 5.81. The smallest absolute Gasteiger partial charge is 0.237 e. The van der Waals surface area contributed by atoms with E-state index >= 15 is 0 Å². The maximum Gasteiger partial charge on any atom is 0.237 e. The highest BCUT2D eigenvalue weighted by atomic mass is 16.5. The van der Waals surface area contributed by atoms with Gasteiger partial charge in [-0.25, -0.2) is 0 Å². The third kappa shape index (κ3) is 4.74. The second-order valence-corrected chi connectivity index (χ2v) is 5.76. The van der Waals surface area contributed by atoms with Gasteiger partial charge in [-0.2, -0.15) is 0 Å². The van der Waals surface area contributed by atoms with Crippen molar-refractivity contribution in [2.75, 3.05) is 7.11 Å². The van der Waals surface area contributed by atoms with Crippen LogP contribution in [-0.4, -0.2) is 25.1 Å². The van der Waals surface area contributed by atoms with E-state index in [0.29, 0.717) is 12.6 Å². The molecule has 0 radical (unpaired) electrons. The fourth-order valence-electron chi connectivity index (χ4n) is 2.78. The molecule has 0 bridgehead atoms. The Morgan fingerprint density at radius 3 is 2.71 bits per heavy atom. The molecular formula is C17H26N2O2. The minimum absolute atomic E-state index is 0.0943. The molecule has 116 valence electrons. The first-order valence-electron chi connectivity index (χ1n) is 7.86. The molecule has 1 amide bonds. The van der Waals surface area contributed by atoms with Crippen molar-refractivity contribution in [2.24, 2.45) is 0 Å². The summed E-state index contributed by atoms with van der Waals surface area (Å²) in [7, 11) is 1.66. The van der Waals surface area contributed by atoms with Crippen LogP contribution in [0.25, 0.3) is 0 Å². The maximum absolute atomic E-state index is 12.2. The van der Waals surface area contributed by atoms with E-state index in [-0.39, 0.29) is 11.9 Å². The van der Waals surface area contributed by atoms with Crippen LogP contribution in [0.1, 0.15) is 44.6 Å². The average Bonchev–Trinajstić information content (AvgIpc) is 2.53. The van der Waals surface area contributed by atoms with Gasteiger partial charge in [-0.1, -0.05) is 37.5 Å². The molecule has 1 unspecified atom stereocenters. The predicted octanol–water partition coefficient (Wildman–Crippen LogP) is 2.62. The van der Waals surface area contributed by atoms with Crippen molar-refractivity contribution in [1.29, 1.82) is 0 Å². The van der Waals surface area contributed by atoms with E-state index in [0.717, 1.165) is 24.2 Å². The number of rotatable bonds is 6. The van der Waals surface area contributed by atoms with Crippen molar-refractivity contribution in [3.8, 4) is 5.75 Å². The molecule has 1 aliphatic rings. The predicted molar refractivity (Wildman–Crippen MR) is 84.3 cm³/mol. The van der Waals surface area contributed by atoms with E-state index in [1.165, 1.54) is 19.3 Å². The Bertz CT molecular complexity index is 456. The number of para-hydroxylation sites is 1. The van der Waals surface area contributed by atoms with E-state index in [1.807, 2.05) is 31.2 Å². The zero-order valence-corrected chi connectivity index (χ0v) is 13.0. The number of carbonyl (C=O) groups excluding carboxylic acids is 1. The number of methoxy groups -OCH3 is 1. The van der Waals surface area contributed by atoms with Crippen LogP contribution in [0.15, 0.2) is 24.3 Å². The van der Waals surface area contributed by atoms with Gasteiger partial charge >= 0.3 is 0 Å². The van der Waals surface area contributed by atoms with Crippen LogP contribution in [0.5, 0.6) is 5.75 Å². The molecule has 4 heteroatoms. The number of nitrogens with one attached hydrogen (secondary N) is 2. The molecule has 4 nitrogen and oxygen atoms in total. The Balaban J connectivity index is 1.80. The molecule has 0 aliphatic heterocycles. The van der Waals surface area contributed by atoms with Gasteiger partial charge in [0.2, 0.25) is 5.91 Å². The molecule has 0 saturated heterocycles. The summed E-state index contributed by atoms with van der Waals surface area (Å²) in [4.78, 5) is 12.2. The lowest BCUT2D eigenvalue weighted by atomic mass is 9.95. The molecule has 2 rings (SSSR count). The van der Waals surface area contributed by atoms with Gasteiger partial charge in [-0.15, -0.1) is 0 Å². The summed E-state index contributed by atoms with van der Waals surface area (Å²) in [5, 5.41) is 6.42. The van der Waals surface area contributed by atoms with Crippen LogP contribution in [0.2, 0.25) is 0 Å². The number of ether oxygens (including phenoxy) is 1. The fourth-order valence-corrected chi connectivity index (χ4v) is 2.78. The fraction of sp³-hybridized carbons (Fsp3) is 0.588. The van der Waals surface area contributed by atoms with Crippen molar-refractivity contribution in [2.45, 2.75) is 57.7 Å². The molecule has 1 atom stereocenters. The number of hydrogen-bond donors (Lipinski definition) is 2. The molecule has 1 aromatic carbocycles. The minimum atomic E-state index is -0.197. The maximum atomic E-state index is 12.2. The Morgan fingerprint density at radius 2 is 2.00 bits per heavy atom. The number of amides is 1. The number of carbonyl (C=O) groups is 1. The normalized spacial score (nSPS) is 17.2. The largest absolute Gasteiger partial charge is 0.496 e. The standard InChI is InChI=1S/C17H26N2O2/c1-13(17(20)19-15-9-4-3-5-10-15)18-12-14-8-6-7-11-16(14)21-2/h6-8,11,13,15,18H,3-5,9-10,12H2,1-2H3,(H,19,20). The van der Waals surface area contributed by atoms with Gasteiger partial charge in [-0.05, 0) is 25.8 Å². The van der Waals surface area contributed by atoms with E-state index in [9.17, 15) is 4.79 Å². The minimum Gasteiger partial charge on any atom is -0.496 e. The lowest BCUT2D eigenvalue weighted by Crippen LogP contribution is -2.46. The summed E-state index contributed by atoms with van der Waals surface area (Å²) < 4.78 is 5.32. The Labute approximate surface area is 127 Å². The van der Waals surface area contributed by atoms with Crippen LogP contribution in [0.3, 0.4) is 0 Å². The van der Waals surface area contributed by atoms with Crippen LogP contribution in [-0.2, 0) is 11.3 Å². The Morgan fingerprint density at radius 1 is 1.29 bits per heavy atom. The van der Waals surface area contributed by atoms with Crippen molar-refractivity contribution >= 4 is 5.91 Å². The molecule has 1 saturated carbocycles. The van der Waals surface area contributed by atoms with E-state index in [1.54, 1.807) is 7.11 Å². The summed E-state index contributed by atoms with van der Waals surface area (Å²) in [6.07, 6.45) is 5.99. The van der Waals surface area contributed by atoms with Gasteiger partial charge in [0.1, 0.15) is 5.75 Å². The van der Waals surface area contributed by atoms with Gasteiger partial charge < -0.3 is 15.4 Å². The van der Waals surface area contributed by atoms with Gasteiger partial charge in [0.05, 0.1) is 13.2 Å². The van der Waals surface area contributed by atoms with E-state index in [2.05, 4.69) is 10.6 Å². The Kier molecular flexibility index (Phi) is 6.05. The molecule has 0 aromatic heterocycles. The van der Waals surface area contributed by atoms with Crippen LogP contribution in [0, 0.1) is 0 Å². The van der Waals surface area contributed by atoms with Gasteiger partial charge in [0.15, 0.2) is 0 Å². The van der Waals surface area contributed by atoms with Crippen molar-refractivity contribution in [3.63, 3.8) is 0 Å². The lowest BCUT2D eigenvalue weighted by Gasteiger charge is -2.24. The summed E-state index contributed by atoms with van der Waals surface area (Å²) in [5.41, 5.74) is 1.07. The molecule has 1 aliphatic carbocycles. The molecule has 1 aromatic rings. The highest BCUT2D eigenvalue weighted by Gasteiger charge is 2.19. The zero-order valence-electron chi connectivity index (χ0n) is 13.0. The van der Waals surface area contributed by atoms with Crippen molar-refractivity contribution < 1.29 is 9.53 Å². The third-order valence-corrected chi connectivity index (χ3v) is 4.14. The molecule has 0 heterocycles. The van der Waals surface area contributed by atoms with Gasteiger partial charge in [-0.3, -0.25) is 4.79 Å². The summed E-state index contributed by atoms with van der Waals surface area (Å²) in [6.45, 7) is 2.54. The van der Waals surface area contributed by atoms with E-state index in [4.69, 9.17) is 4.74 Å². The number of hydrogen-bond acceptors (Lipinski definition) is 3. The highest BCUT2D eigenvalue weighted by Crippen LogP contribution is 2.18. The molecule has 1 fully saturated rings.